The minimum Gasteiger partial charge on any atom is -0.478 e. The Bertz CT molecular complexity index is 1100. The van der Waals surface area contributed by atoms with Crippen LogP contribution in [0.1, 0.15) is 27.0 Å². The number of sulfonamides is 1. The third-order valence-corrected chi connectivity index (χ3v) is 5.71. The molecule has 0 fully saturated rings. The lowest BCUT2D eigenvalue weighted by molar-refractivity contribution is 0.0697. The summed E-state index contributed by atoms with van der Waals surface area (Å²) in [5.74, 6) is -1.42. The summed E-state index contributed by atoms with van der Waals surface area (Å²) >= 11 is 0. The first-order chi connectivity index (χ1) is 13.3. The van der Waals surface area contributed by atoms with Crippen LogP contribution in [0.25, 0.3) is 0 Å². The Morgan fingerprint density at radius 2 is 1.64 bits per heavy atom. The Morgan fingerprint density at radius 1 is 0.929 bits per heavy atom. The molecule has 0 unspecified atom stereocenters. The lowest BCUT2D eigenvalue weighted by Crippen LogP contribution is -2.24. The van der Waals surface area contributed by atoms with Gasteiger partial charge in [0.1, 0.15) is 5.82 Å². The standard InChI is InChI=1S/C21H18FNO4S/c22-19-6-3-4-16(13-19)12-18-5-1-2-7-20(18)28(26,27)23-14-15-8-10-17(11-9-15)21(24)25/h1-11,13,23H,12,14H2,(H,24,25). The number of rotatable bonds is 7. The molecule has 0 aromatic heterocycles. The lowest BCUT2D eigenvalue weighted by atomic mass is 10.1. The van der Waals surface area contributed by atoms with E-state index >= 15 is 0 Å². The molecule has 0 spiro atoms. The molecule has 0 heterocycles. The van der Waals surface area contributed by atoms with Gasteiger partial charge in [0.2, 0.25) is 10.0 Å². The topological polar surface area (TPSA) is 83.5 Å². The third-order valence-electron chi connectivity index (χ3n) is 4.21. The summed E-state index contributed by atoms with van der Waals surface area (Å²) in [6.45, 7) is 0.0243. The fourth-order valence-electron chi connectivity index (χ4n) is 2.80. The van der Waals surface area contributed by atoms with Crippen molar-refractivity contribution in [1.29, 1.82) is 0 Å². The molecule has 3 aromatic carbocycles. The zero-order valence-electron chi connectivity index (χ0n) is 14.8. The molecular weight excluding hydrogens is 381 g/mol. The molecule has 0 aliphatic carbocycles. The van der Waals surface area contributed by atoms with Gasteiger partial charge in [-0.05, 0) is 53.4 Å². The van der Waals surface area contributed by atoms with Crippen LogP contribution in [0.15, 0.2) is 77.7 Å². The van der Waals surface area contributed by atoms with E-state index in [0.717, 1.165) is 0 Å². The van der Waals surface area contributed by atoms with E-state index < -0.39 is 16.0 Å². The monoisotopic (exact) mass is 399 g/mol. The molecule has 5 nitrogen and oxygen atoms in total. The van der Waals surface area contributed by atoms with Crippen LogP contribution in [0.5, 0.6) is 0 Å². The van der Waals surface area contributed by atoms with Gasteiger partial charge in [0.25, 0.3) is 0 Å². The Labute approximate surface area is 162 Å². The van der Waals surface area contributed by atoms with Crippen LogP contribution >= 0.6 is 0 Å². The molecule has 0 saturated carbocycles. The van der Waals surface area contributed by atoms with Gasteiger partial charge in [-0.15, -0.1) is 0 Å². The number of carbonyl (C=O) groups is 1. The average Bonchev–Trinajstić information content (AvgIpc) is 2.67. The molecule has 0 aliphatic rings. The Balaban J connectivity index is 1.79. The first-order valence-corrected chi connectivity index (χ1v) is 9.98. The number of halogens is 1. The van der Waals surface area contributed by atoms with Crippen LogP contribution in [0, 0.1) is 5.82 Å². The van der Waals surface area contributed by atoms with Gasteiger partial charge >= 0.3 is 5.97 Å². The van der Waals surface area contributed by atoms with Crippen molar-refractivity contribution in [3.8, 4) is 0 Å². The van der Waals surface area contributed by atoms with Crippen LogP contribution in [0.2, 0.25) is 0 Å². The van der Waals surface area contributed by atoms with Gasteiger partial charge in [0.15, 0.2) is 0 Å². The van der Waals surface area contributed by atoms with Gasteiger partial charge < -0.3 is 5.11 Å². The molecule has 0 atom stereocenters. The van der Waals surface area contributed by atoms with Crippen LogP contribution in [0.3, 0.4) is 0 Å². The maximum Gasteiger partial charge on any atom is 0.335 e. The summed E-state index contributed by atoms with van der Waals surface area (Å²) in [4.78, 5) is 11.0. The molecule has 3 rings (SSSR count). The number of aromatic carboxylic acids is 1. The minimum absolute atomic E-state index is 0.0243. The summed E-state index contributed by atoms with van der Waals surface area (Å²) in [6, 6.07) is 18.6. The van der Waals surface area contributed by atoms with E-state index in [4.69, 9.17) is 5.11 Å². The van der Waals surface area contributed by atoms with E-state index in [0.29, 0.717) is 16.7 Å². The highest BCUT2D eigenvalue weighted by Gasteiger charge is 2.18. The van der Waals surface area contributed by atoms with Crippen molar-refractivity contribution in [2.75, 3.05) is 0 Å². The van der Waals surface area contributed by atoms with Gasteiger partial charge in [-0.25, -0.2) is 22.3 Å². The maximum absolute atomic E-state index is 13.4. The van der Waals surface area contributed by atoms with Crippen molar-refractivity contribution < 1.29 is 22.7 Å². The highest BCUT2D eigenvalue weighted by atomic mass is 32.2. The molecule has 0 bridgehead atoms. The molecule has 3 aromatic rings. The summed E-state index contributed by atoms with van der Waals surface area (Å²) in [5, 5.41) is 8.92. The Kier molecular flexibility index (Phi) is 5.87. The average molecular weight is 399 g/mol. The van der Waals surface area contributed by atoms with Gasteiger partial charge in [-0.2, -0.15) is 0 Å². The van der Waals surface area contributed by atoms with Crippen molar-refractivity contribution in [1.82, 2.24) is 4.72 Å². The number of hydrogen-bond acceptors (Lipinski definition) is 3. The van der Waals surface area contributed by atoms with Crippen LogP contribution in [-0.4, -0.2) is 19.5 Å². The van der Waals surface area contributed by atoms with Crippen LogP contribution in [0.4, 0.5) is 4.39 Å². The molecule has 28 heavy (non-hydrogen) atoms. The van der Waals surface area contributed by atoms with E-state index in [1.807, 2.05) is 0 Å². The number of carboxylic acid groups (broad SMARTS) is 1. The van der Waals surface area contributed by atoms with E-state index in [-0.39, 0.29) is 29.2 Å². The largest absolute Gasteiger partial charge is 0.478 e. The number of benzene rings is 3. The highest BCUT2D eigenvalue weighted by Crippen LogP contribution is 2.20. The normalized spacial score (nSPS) is 11.3. The van der Waals surface area contributed by atoms with Gasteiger partial charge in [0, 0.05) is 6.54 Å². The minimum atomic E-state index is -3.81. The molecular formula is C21H18FNO4S. The van der Waals surface area contributed by atoms with Crippen LogP contribution in [-0.2, 0) is 23.0 Å². The number of nitrogens with one attached hydrogen (secondary N) is 1. The first kappa shape index (κ1) is 19.7. The SMILES string of the molecule is O=C(O)c1ccc(CNS(=O)(=O)c2ccccc2Cc2cccc(F)c2)cc1. The molecule has 0 amide bonds. The Morgan fingerprint density at radius 3 is 2.32 bits per heavy atom. The lowest BCUT2D eigenvalue weighted by Gasteiger charge is -2.12. The predicted molar refractivity (Wildman–Crippen MR) is 103 cm³/mol. The summed E-state index contributed by atoms with van der Waals surface area (Å²) < 4.78 is 41.5. The summed E-state index contributed by atoms with van der Waals surface area (Å²) in [6.07, 6.45) is 0.280. The van der Waals surface area contributed by atoms with Crippen LogP contribution < -0.4 is 4.72 Å². The van der Waals surface area contributed by atoms with Crippen molar-refractivity contribution in [3.05, 3.63) is 101 Å². The van der Waals surface area contributed by atoms with E-state index in [1.54, 1.807) is 42.5 Å². The molecule has 0 radical (unpaired) electrons. The second kappa shape index (κ2) is 8.33. The second-order valence-corrected chi connectivity index (χ2v) is 7.98. The fourth-order valence-corrected chi connectivity index (χ4v) is 4.06. The number of carboxylic acids is 1. The van der Waals surface area contributed by atoms with Gasteiger partial charge in [0.05, 0.1) is 10.5 Å². The Hall–Kier alpha value is -3.03. The van der Waals surface area contributed by atoms with E-state index in [1.165, 1.54) is 30.3 Å². The third kappa shape index (κ3) is 4.82. The summed E-state index contributed by atoms with van der Waals surface area (Å²) in [7, 11) is -3.81. The molecule has 2 N–H and O–H groups in total. The van der Waals surface area contributed by atoms with E-state index in [9.17, 15) is 17.6 Å². The molecule has 144 valence electrons. The van der Waals surface area contributed by atoms with Crippen molar-refractivity contribution in [2.45, 2.75) is 17.9 Å². The first-order valence-electron chi connectivity index (χ1n) is 8.49. The molecule has 0 saturated heterocycles. The number of hydrogen-bond donors (Lipinski definition) is 2. The maximum atomic E-state index is 13.4. The van der Waals surface area contributed by atoms with Crippen molar-refractivity contribution in [3.63, 3.8) is 0 Å². The quantitative estimate of drug-likeness (QED) is 0.636. The predicted octanol–water partition coefficient (Wildman–Crippen LogP) is 3.59. The smallest absolute Gasteiger partial charge is 0.335 e. The zero-order chi connectivity index (χ0) is 20.1. The fraction of sp³-hybridized carbons (Fsp3) is 0.0952. The molecule has 7 heteroatoms. The van der Waals surface area contributed by atoms with E-state index in [2.05, 4.69) is 4.72 Å². The second-order valence-electron chi connectivity index (χ2n) is 6.24. The van der Waals surface area contributed by atoms with Gasteiger partial charge in [-0.1, -0.05) is 42.5 Å². The molecule has 0 aliphatic heterocycles. The summed E-state index contributed by atoms with van der Waals surface area (Å²) in [5.41, 5.74) is 2.00. The van der Waals surface area contributed by atoms with Crippen molar-refractivity contribution >= 4 is 16.0 Å². The van der Waals surface area contributed by atoms with Crippen molar-refractivity contribution in [2.24, 2.45) is 0 Å². The highest BCUT2D eigenvalue weighted by molar-refractivity contribution is 7.89. The zero-order valence-corrected chi connectivity index (χ0v) is 15.6. The van der Waals surface area contributed by atoms with Gasteiger partial charge in [-0.3, -0.25) is 0 Å².